The number of hydrogen-bond acceptors (Lipinski definition) is 2. The van der Waals surface area contributed by atoms with E-state index in [-0.39, 0.29) is 12.0 Å². The molecular weight excluding hydrogens is 366 g/mol. The Balaban J connectivity index is 1.61. The Bertz CT molecular complexity index is 711. The van der Waals surface area contributed by atoms with Gasteiger partial charge < -0.3 is 10.1 Å². The molecule has 0 radical (unpaired) electrons. The summed E-state index contributed by atoms with van der Waals surface area (Å²) in [4.78, 5) is 11.9. The highest BCUT2D eigenvalue weighted by atomic mass is 79.9. The zero-order chi connectivity index (χ0) is 16.9. The summed E-state index contributed by atoms with van der Waals surface area (Å²) < 4.78 is 6.40. The number of carbonyl (C=O) groups is 1. The third-order valence-electron chi connectivity index (χ3n) is 4.24. The van der Waals surface area contributed by atoms with Crippen LogP contribution in [0.4, 0.5) is 4.79 Å². The number of fused-ring (bicyclic) bond motifs is 3. The van der Waals surface area contributed by atoms with Crippen molar-refractivity contribution in [3.63, 3.8) is 0 Å². The van der Waals surface area contributed by atoms with Crippen LogP contribution >= 0.6 is 15.9 Å². The number of alkyl carbamates (subject to hydrolysis) is 1. The van der Waals surface area contributed by atoms with Gasteiger partial charge in [0.25, 0.3) is 0 Å². The van der Waals surface area contributed by atoms with Crippen LogP contribution in [-0.4, -0.2) is 19.2 Å². The molecule has 24 heavy (non-hydrogen) atoms. The molecule has 0 heterocycles. The molecule has 2 aromatic carbocycles. The van der Waals surface area contributed by atoms with Crippen LogP contribution in [0.2, 0.25) is 0 Å². The molecule has 0 spiro atoms. The lowest BCUT2D eigenvalue weighted by Crippen LogP contribution is -2.27. The molecule has 0 unspecified atom stereocenters. The van der Waals surface area contributed by atoms with Crippen molar-refractivity contribution in [3.05, 3.63) is 70.7 Å². The lowest BCUT2D eigenvalue weighted by atomic mass is 9.98. The number of rotatable bonds is 6. The van der Waals surface area contributed by atoms with E-state index in [2.05, 4.69) is 52.1 Å². The molecule has 4 heteroatoms. The van der Waals surface area contributed by atoms with Crippen LogP contribution in [0.3, 0.4) is 0 Å². The fraction of sp³-hybridized carbons (Fsp3) is 0.250. The summed E-state index contributed by atoms with van der Waals surface area (Å²) in [6.45, 7) is 4.71. The first-order chi connectivity index (χ1) is 11.7. The Morgan fingerprint density at radius 1 is 1.08 bits per heavy atom. The number of hydrogen-bond donors (Lipinski definition) is 1. The lowest BCUT2D eigenvalue weighted by molar-refractivity contribution is 0.143. The number of carbonyl (C=O) groups excluding carboxylic acids is 1. The summed E-state index contributed by atoms with van der Waals surface area (Å²) >= 11 is 3.31. The van der Waals surface area contributed by atoms with E-state index in [9.17, 15) is 4.79 Å². The van der Waals surface area contributed by atoms with E-state index in [4.69, 9.17) is 4.74 Å². The largest absolute Gasteiger partial charge is 0.449 e. The Labute approximate surface area is 150 Å². The first-order valence-corrected chi connectivity index (χ1v) is 8.88. The Morgan fingerprint density at radius 2 is 1.67 bits per heavy atom. The predicted octanol–water partition coefficient (Wildman–Crippen LogP) is 5.21. The maximum atomic E-state index is 11.9. The minimum Gasteiger partial charge on any atom is -0.449 e. The number of nitrogens with one attached hydrogen (secondary N) is 1. The Morgan fingerprint density at radius 3 is 2.25 bits per heavy atom. The van der Waals surface area contributed by atoms with E-state index in [1.807, 2.05) is 24.3 Å². The highest BCUT2D eigenvalue weighted by Crippen LogP contribution is 2.44. The van der Waals surface area contributed by atoms with Crippen LogP contribution < -0.4 is 5.32 Å². The van der Waals surface area contributed by atoms with Crippen LogP contribution in [0.5, 0.6) is 0 Å². The molecule has 0 fully saturated rings. The van der Waals surface area contributed by atoms with Crippen molar-refractivity contribution >= 4 is 22.0 Å². The smallest absolute Gasteiger partial charge is 0.407 e. The van der Waals surface area contributed by atoms with Crippen molar-refractivity contribution in [2.24, 2.45) is 0 Å². The van der Waals surface area contributed by atoms with Gasteiger partial charge in [0, 0.05) is 12.5 Å². The van der Waals surface area contributed by atoms with Crippen LogP contribution in [0.15, 0.2) is 59.6 Å². The van der Waals surface area contributed by atoms with E-state index in [0.717, 1.165) is 17.3 Å². The second kappa shape index (κ2) is 7.67. The molecule has 0 saturated heterocycles. The van der Waals surface area contributed by atoms with Gasteiger partial charge in [0.1, 0.15) is 6.61 Å². The molecule has 2 aromatic rings. The van der Waals surface area contributed by atoms with Gasteiger partial charge in [-0.25, -0.2) is 4.79 Å². The number of ether oxygens (including phenoxy) is 1. The predicted molar refractivity (Wildman–Crippen MR) is 100 cm³/mol. The fourth-order valence-electron chi connectivity index (χ4n) is 3.12. The average Bonchev–Trinajstić information content (AvgIpc) is 2.91. The summed E-state index contributed by atoms with van der Waals surface area (Å²) in [5, 5.41) is 2.79. The maximum absolute atomic E-state index is 11.9. The summed E-state index contributed by atoms with van der Waals surface area (Å²) in [6.07, 6.45) is 1.31. The molecule has 0 aromatic heterocycles. The van der Waals surface area contributed by atoms with Crippen LogP contribution in [-0.2, 0) is 4.74 Å². The maximum Gasteiger partial charge on any atom is 0.407 e. The zero-order valence-corrected chi connectivity index (χ0v) is 15.0. The monoisotopic (exact) mass is 385 g/mol. The summed E-state index contributed by atoms with van der Waals surface area (Å²) in [5.74, 6) is 0.102. The van der Waals surface area contributed by atoms with E-state index in [1.54, 1.807) is 0 Å². The molecular formula is C20H20BrNO2. The van der Waals surface area contributed by atoms with Crippen molar-refractivity contribution in [1.29, 1.82) is 0 Å². The molecule has 3 rings (SSSR count). The van der Waals surface area contributed by atoms with Gasteiger partial charge in [0.15, 0.2) is 0 Å². The highest BCUT2D eigenvalue weighted by molar-refractivity contribution is 9.11. The van der Waals surface area contributed by atoms with E-state index >= 15 is 0 Å². The molecule has 1 aliphatic carbocycles. The van der Waals surface area contributed by atoms with Gasteiger partial charge in [-0.3, -0.25) is 0 Å². The van der Waals surface area contributed by atoms with Crippen molar-refractivity contribution < 1.29 is 9.53 Å². The number of benzene rings is 2. The second-order valence-electron chi connectivity index (χ2n) is 5.87. The topological polar surface area (TPSA) is 38.3 Å². The van der Waals surface area contributed by atoms with Crippen LogP contribution in [0.1, 0.15) is 29.9 Å². The lowest BCUT2D eigenvalue weighted by Gasteiger charge is -2.14. The first-order valence-electron chi connectivity index (χ1n) is 8.09. The third kappa shape index (κ3) is 3.70. The number of halogens is 1. The minimum atomic E-state index is -0.364. The van der Waals surface area contributed by atoms with E-state index in [1.165, 1.54) is 22.3 Å². The Kier molecular flexibility index (Phi) is 5.36. The van der Waals surface area contributed by atoms with Gasteiger partial charge in [-0.15, -0.1) is 0 Å². The van der Waals surface area contributed by atoms with Gasteiger partial charge >= 0.3 is 6.09 Å². The summed E-state index contributed by atoms with van der Waals surface area (Å²) in [6, 6.07) is 16.6. The Hall–Kier alpha value is -2.07. The van der Waals surface area contributed by atoms with Gasteiger partial charge in [0.2, 0.25) is 0 Å². The van der Waals surface area contributed by atoms with Gasteiger partial charge in [-0.1, -0.05) is 71.0 Å². The summed E-state index contributed by atoms with van der Waals surface area (Å²) in [7, 11) is 0. The molecule has 3 nitrogen and oxygen atoms in total. The van der Waals surface area contributed by atoms with Crippen molar-refractivity contribution in [2.75, 3.05) is 13.2 Å². The summed E-state index contributed by atoms with van der Waals surface area (Å²) in [5.41, 5.74) is 4.92. The van der Waals surface area contributed by atoms with Crippen molar-refractivity contribution in [1.82, 2.24) is 5.32 Å². The number of amides is 1. The molecule has 1 aliphatic rings. The molecule has 0 aliphatic heterocycles. The highest BCUT2D eigenvalue weighted by Gasteiger charge is 2.28. The normalized spacial score (nSPS) is 12.4. The van der Waals surface area contributed by atoms with Crippen LogP contribution in [0.25, 0.3) is 11.1 Å². The minimum absolute atomic E-state index is 0.102. The molecule has 1 amide bonds. The van der Waals surface area contributed by atoms with E-state index in [0.29, 0.717) is 13.2 Å². The third-order valence-corrected chi connectivity index (χ3v) is 4.63. The molecule has 0 bridgehead atoms. The molecule has 0 saturated carbocycles. The molecule has 1 N–H and O–H groups in total. The second-order valence-corrected chi connectivity index (χ2v) is 6.99. The molecule has 124 valence electrons. The zero-order valence-electron chi connectivity index (χ0n) is 13.4. The van der Waals surface area contributed by atoms with Crippen molar-refractivity contribution in [3.8, 4) is 11.1 Å². The average molecular weight is 386 g/mol. The standard InChI is InChI=1S/C20H20BrNO2/c1-14(21)7-6-12-22-20(23)24-13-19-17-10-4-2-8-15(17)16-9-3-5-11-18(16)19/h2-5,8-11,19H,1,6-7,12-13H2,(H,22,23). The van der Waals surface area contributed by atoms with Gasteiger partial charge in [-0.2, -0.15) is 0 Å². The SMILES string of the molecule is C=C(Br)CCCNC(=O)OCC1c2ccccc2-c2ccccc21. The van der Waals surface area contributed by atoms with Crippen LogP contribution in [0, 0.1) is 0 Å². The van der Waals surface area contributed by atoms with Gasteiger partial charge in [-0.05, 0) is 39.6 Å². The molecule has 0 atom stereocenters. The first kappa shape index (κ1) is 16.8. The quantitative estimate of drug-likeness (QED) is 0.692. The van der Waals surface area contributed by atoms with Gasteiger partial charge in [0.05, 0.1) is 0 Å². The van der Waals surface area contributed by atoms with E-state index < -0.39 is 0 Å². The van der Waals surface area contributed by atoms with Crippen molar-refractivity contribution in [2.45, 2.75) is 18.8 Å². The number of allylic oxidation sites excluding steroid dienone is 1. The fourth-order valence-corrected chi connectivity index (χ4v) is 3.40.